The molecule has 0 atom stereocenters. The van der Waals surface area contributed by atoms with E-state index in [0.29, 0.717) is 0 Å². The van der Waals surface area contributed by atoms with Crippen molar-refractivity contribution >= 4 is 86.7 Å². The molecule has 4 aromatic rings. The van der Waals surface area contributed by atoms with Gasteiger partial charge in [-0.05, 0) is 48.1 Å². The number of hydrogen-bond donors (Lipinski definition) is 5. The summed E-state index contributed by atoms with van der Waals surface area (Å²) in [7, 11) is 0. The van der Waals surface area contributed by atoms with Gasteiger partial charge in [-0.2, -0.15) is 4.99 Å². The summed E-state index contributed by atoms with van der Waals surface area (Å²) in [6.07, 6.45) is 0. The first kappa shape index (κ1) is 39.3. The third-order valence-electron chi connectivity index (χ3n) is 7.19. The predicted molar refractivity (Wildman–Crippen MR) is 189 cm³/mol. The Morgan fingerprint density at radius 3 is 1.76 bits per heavy atom. The molecule has 21 heteroatoms. The number of carbonyl (C=O) groups excluding carboxylic acids is 1. The molecule has 0 aliphatic carbocycles. The van der Waals surface area contributed by atoms with Gasteiger partial charge in [-0.25, -0.2) is 4.79 Å². The summed E-state index contributed by atoms with van der Waals surface area (Å²) in [5.74, 6) is -8.22. The van der Waals surface area contributed by atoms with Crippen LogP contribution in [0.3, 0.4) is 0 Å². The zero-order valence-electron chi connectivity index (χ0n) is 27.4. The van der Waals surface area contributed by atoms with E-state index in [9.17, 15) is 59.8 Å². The van der Waals surface area contributed by atoms with Gasteiger partial charge in [-0.1, -0.05) is 17.2 Å². The van der Waals surface area contributed by atoms with Crippen LogP contribution in [0.1, 0.15) is 26.5 Å². The van der Waals surface area contributed by atoms with Gasteiger partial charge < -0.3 is 49.2 Å². The Labute approximate surface area is 307 Å². The number of anilines is 2. The van der Waals surface area contributed by atoms with E-state index >= 15 is 0 Å². The number of furan rings is 1. The number of carboxylic acid groups (broad SMARTS) is 5. The van der Waals surface area contributed by atoms with Gasteiger partial charge in [0.15, 0.2) is 5.76 Å². The summed E-state index contributed by atoms with van der Waals surface area (Å²) in [6, 6.07) is 11.3. The number of ether oxygens (including phenoxy) is 2. The van der Waals surface area contributed by atoms with Crippen molar-refractivity contribution < 1.29 is 68.2 Å². The first-order valence-electron chi connectivity index (χ1n) is 15.1. The normalized spacial score (nSPS) is 10.4. The maximum atomic E-state index is 13.5. The highest BCUT2D eigenvalue weighted by Crippen LogP contribution is 2.42. The largest absolute Gasteiger partial charge is 0.488 e. The Morgan fingerprint density at radius 1 is 0.741 bits per heavy atom. The fourth-order valence-electron chi connectivity index (χ4n) is 5.07. The van der Waals surface area contributed by atoms with Gasteiger partial charge in [-0.15, -0.1) is 0 Å². The highest BCUT2D eigenvalue weighted by Gasteiger charge is 2.26. The fourth-order valence-corrected chi connectivity index (χ4v) is 5.17. The molecule has 5 N–H and O–H groups in total. The molecule has 0 spiro atoms. The van der Waals surface area contributed by atoms with E-state index < -0.39 is 67.6 Å². The third-order valence-corrected chi connectivity index (χ3v) is 7.28. The SMILES string of the molecule is [N-]=[N+]=Nc1c(C(=O)c2ccc(C(=O)O)cc2)oc2cc(N(CC(=O)O)CC(=O)O)c(OCCOc3cc(N=C=S)ccc3N(CC(=O)O)CC(=O)O)cc12. The van der Waals surface area contributed by atoms with E-state index in [2.05, 4.69) is 32.4 Å². The number of thiocarbonyl (C=S) groups is 1. The van der Waals surface area contributed by atoms with Gasteiger partial charge in [0, 0.05) is 28.0 Å². The molecule has 3 aromatic carbocycles. The summed E-state index contributed by atoms with van der Waals surface area (Å²) in [5, 5.41) is 52.8. The molecule has 54 heavy (non-hydrogen) atoms. The zero-order chi connectivity index (χ0) is 39.5. The molecule has 20 nitrogen and oxygen atoms in total. The van der Waals surface area contributed by atoms with Crippen molar-refractivity contribution in [3.05, 3.63) is 81.9 Å². The maximum absolute atomic E-state index is 13.5. The van der Waals surface area contributed by atoms with Gasteiger partial charge in [-0.3, -0.25) is 24.0 Å². The minimum atomic E-state index is -1.42. The third kappa shape index (κ3) is 9.86. The molecule has 0 aliphatic rings. The number of fused-ring (bicyclic) bond motifs is 1. The van der Waals surface area contributed by atoms with Crippen molar-refractivity contribution in [2.75, 3.05) is 49.2 Å². The van der Waals surface area contributed by atoms with E-state index in [-0.39, 0.29) is 69.6 Å². The van der Waals surface area contributed by atoms with E-state index in [1.807, 2.05) is 0 Å². The van der Waals surface area contributed by atoms with Crippen molar-refractivity contribution in [1.82, 2.24) is 0 Å². The summed E-state index contributed by atoms with van der Waals surface area (Å²) < 4.78 is 17.5. The molecule has 0 bridgehead atoms. The lowest BCUT2D eigenvalue weighted by Crippen LogP contribution is -2.35. The number of aliphatic carboxylic acids is 4. The van der Waals surface area contributed by atoms with Crippen molar-refractivity contribution in [2.45, 2.75) is 0 Å². The topological polar surface area (TPSA) is 303 Å². The van der Waals surface area contributed by atoms with Crippen LogP contribution in [-0.4, -0.2) is 106 Å². The number of benzene rings is 3. The van der Waals surface area contributed by atoms with Crippen LogP contribution in [0.4, 0.5) is 22.7 Å². The summed E-state index contributed by atoms with van der Waals surface area (Å²) in [4.78, 5) is 79.8. The van der Waals surface area contributed by atoms with Crippen LogP contribution < -0.4 is 19.3 Å². The lowest BCUT2D eigenvalue weighted by atomic mass is 10.1. The zero-order valence-corrected chi connectivity index (χ0v) is 28.3. The average Bonchev–Trinajstić information content (AvgIpc) is 3.45. The molecule has 0 radical (unpaired) electrons. The minimum Gasteiger partial charge on any atom is -0.488 e. The molecule has 0 unspecified atom stereocenters. The maximum Gasteiger partial charge on any atom is 0.335 e. The summed E-state index contributed by atoms with van der Waals surface area (Å²) >= 11 is 4.64. The monoisotopic (exact) mass is 762 g/mol. The number of hydrogen-bond acceptors (Lipinski definition) is 14. The van der Waals surface area contributed by atoms with Gasteiger partial charge in [0.25, 0.3) is 0 Å². The van der Waals surface area contributed by atoms with Crippen LogP contribution in [0.5, 0.6) is 11.5 Å². The second-order valence-corrected chi connectivity index (χ2v) is 11.0. The Balaban J connectivity index is 1.76. The molecule has 278 valence electrons. The Hall–Kier alpha value is -7.47. The van der Waals surface area contributed by atoms with Crippen molar-refractivity contribution in [3.63, 3.8) is 0 Å². The lowest BCUT2D eigenvalue weighted by molar-refractivity contribution is -0.138. The number of nitrogens with zero attached hydrogens (tertiary/aromatic N) is 6. The molecule has 0 amide bonds. The second-order valence-electron chi connectivity index (χ2n) is 10.8. The molecule has 4 rings (SSSR count). The van der Waals surface area contributed by atoms with Crippen LogP contribution in [0.2, 0.25) is 0 Å². The highest BCUT2D eigenvalue weighted by molar-refractivity contribution is 7.78. The number of carbonyl (C=O) groups is 6. The standard InChI is InChI=1S/C33H26N6O14S/c34-37-36-30-20-10-25(52-8-7-51-24-9-19(35-16-54)5-6-21(24)38(12-26(40)41)13-27(42)43)22(39(14-28(44)45)15-29(46)47)11-23(20)53-32(30)31(48)17-1-3-18(4-2-17)33(49)50/h1-6,9-11H,7-8,12-15H2,(H,40,41)(H,42,43)(H,44,45)(H,46,47)(H,49,50). The predicted octanol–water partition coefficient (Wildman–Crippen LogP) is 4.45. The summed E-state index contributed by atoms with van der Waals surface area (Å²) in [6.45, 7) is -3.78. The van der Waals surface area contributed by atoms with Crippen molar-refractivity contribution in [1.29, 1.82) is 0 Å². The Morgan fingerprint density at radius 2 is 1.26 bits per heavy atom. The van der Waals surface area contributed by atoms with Crippen molar-refractivity contribution in [2.24, 2.45) is 10.1 Å². The first-order valence-corrected chi connectivity index (χ1v) is 15.5. The molecule has 1 heterocycles. The summed E-state index contributed by atoms with van der Waals surface area (Å²) in [5.41, 5.74) is 8.91. The van der Waals surface area contributed by atoms with Gasteiger partial charge >= 0.3 is 29.8 Å². The van der Waals surface area contributed by atoms with Crippen molar-refractivity contribution in [3.8, 4) is 11.5 Å². The number of azide groups is 1. The van der Waals surface area contributed by atoms with Crippen LogP contribution in [0, 0.1) is 0 Å². The molecule has 0 aliphatic heterocycles. The number of aromatic carboxylic acids is 1. The quantitative estimate of drug-likeness (QED) is 0.0158. The highest BCUT2D eigenvalue weighted by atomic mass is 32.1. The number of ketones is 1. The number of carboxylic acids is 5. The van der Waals surface area contributed by atoms with Crippen LogP contribution >= 0.6 is 12.2 Å². The van der Waals surface area contributed by atoms with E-state index in [1.165, 1.54) is 54.6 Å². The Kier molecular flexibility index (Phi) is 12.8. The average molecular weight is 763 g/mol. The molecule has 0 saturated heterocycles. The number of isothiocyanates is 1. The second kappa shape index (κ2) is 17.6. The number of rotatable bonds is 20. The smallest absolute Gasteiger partial charge is 0.335 e. The van der Waals surface area contributed by atoms with Gasteiger partial charge in [0.2, 0.25) is 5.78 Å². The van der Waals surface area contributed by atoms with E-state index in [0.717, 1.165) is 9.80 Å². The van der Waals surface area contributed by atoms with Crippen LogP contribution in [0.15, 0.2) is 69.1 Å². The van der Waals surface area contributed by atoms with Gasteiger partial charge in [0.1, 0.15) is 56.5 Å². The Bertz CT molecular complexity index is 2210. The molecule has 0 fully saturated rings. The molecule has 0 saturated carbocycles. The van der Waals surface area contributed by atoms with E-state index in [4.69, 9.17) is 13.9 Å². The van der Waals surface area contributed by atoms with Crippen LogP contribution in [-0.2, 0) is 19.2 Å². The van der Waals surface area contributed by atoms with E-state index in [1.54, 1.807) is 0 Å². The number of aliphatic imine (C=N–C) groups is 1. The van der Waals surface area contributed by atoms with Crippen LogP contribution in [0.25, 0.3) is 21.4 Å². The lowest BCUT2D eigenvalue weighted by Gasteiger charge is -2.25. The fraction of sp³-hybridized carbons (Fsp3) is 0.182. The molecular weight excluding hydrogens is 736 g/mol. The van der Waals surface area contributed by atoms with Gasteiger partial charge in [0.05, 0.1) is 33.5 Å². The first-order chi connectivity index (χ1) is 25.7. The minimum absolute atomic E-state index is 0.00503. The molecular formula is C33H26N6O14S. The molecule has 1 aromatic heterocycles.